The van der Waals surface area contributed by atoms with Crippen molar-refractivity contribution in [3.63, 3.8) is 0 Å². The number of rotatable bonds is 4. The van der Waals surface area contributed by atoms with Crippen molar-refractivity contribution in [1.29, 1.82) is 0 Å². The largest absolute Gasteiger partial charge is 0.313 e. The van der Waals surface area contributed by atoms with E-state index in [0.29, 0.717) is 10.8 Å². The molecule has 0 aliphatic carbocycles. The summed E-state index contributed by atoms with van der Waals surface area (Å²) in [5.74, 6) is 0. The van der Waals surface area contributed by atoms with Crippen molar-refractivity contribution in [2.45, 2.75) is 36.4 Å². The first kappa shape index (κ1) is 15.4. The summed E-state index contributed by atoms with van der Waals surface area (Å²) in [5.41, 5.74) is 0.966. The van der Waals surface area contributed by atoms with Crippen LogP contribution in [0, 0.1) is 6.92 Å². The second-order valence-corrected chi connectivity index (χ2v) is 9.60. The molecule has 19 heavy (non-hydrogen) atoms. The molecule has 0 spiro atoms. The van der Waals surface area contributed by atoms with Crippen LogP contribution in [0.2, 0.25) is 0 Å². The molecular formula is C12H19BrN2O2S2. The van der Waals surface area contributed by atoms with Gasteiger partial charge in [0.05, 0.1) is 3.79 Å². The number of halogens is 1. The summed E-state index contributed by atoms with van der Waals surface area (Å²) < 4.78 is 27.7. The Morgan fingerprint density at radius 1 is 1.53 bits per heavy atom. The van der Waals surface area contributed by atoms with Crippen LogP contribution >= 0.6 is 27.3 Å². The molecule has 1 N–H and O–H groups in total. The lowest BCUT2D eigenvalue weighted by molar-refractivity contribution is 0.338. The predicted molar refractivity (Wildman–Crippen MR) is 82.2 cm³/mol. The molecule has 1 aromatic heterocycles. The summed E-state index contributed by atoms with van der Waals surface area (Å²) in [6, 6.07) is 2.01. The van der Waals surface area contributed by atoms with E-state index in [4.69, 9.17) is 0 Å². The van der Waals surface area contributed by atoms with Gasteiger partial charge in [-0.25, -0.2) is 8.42 Å². The standard InChI is InChI=1S/C12H19BrN2O2S2/c1-9-7-11(18-12(9)13)19(16,17)15(2)8-10-5-3-4-6-14-10/h7,10,14H,3-6,8H2,1-2H3. The number of sulfonamides is 1. The van der Waals surface area contributed by atoms with E-state index in [-0.39, 0.29) is 6.04 Å². The van der Waals surface area contributed by atoms with E-state index >= 15 is 0 Å². The van der Waals surface area contributed by atoms with Gasteiger partial charge in [0, 0.05) is 19.6 Å². The van der Waals surface area contributed by atoms with Gasteiger partial charge >= 0.3 is 0 Å². The fourth-order valence-corrected chi connectivity index (χ4v) is 5.85. The number of nitrogens with one attached hydrogen (secondary N) is 1. The molecule has 1 aliphatic rings. The van der Waals surface area contributed by atoms with Gasteiger partial charge in [0.2, 0.25) is 0 Å². The van der Waals surface area contributed by atoms with Gasteiger partial charge in [-0.15, -0.1) is 11.3 Å². The molecule has 1 saturated heterocycles. The maximum absolute atomic E-state index is 12.5. The van der Waals surface area contributed by atoms with Crippen molar-refractivity contribution in [2.24, 2.45) is 0 Å². The minimum absolute atomic E-state index is 0.276. The van der Waals surface area contributed by atoms with E-state index in [1.807, 2.05) is 6.92 Å². The summed E-state index contributed by atoms with van der Waals surface area (Å²) in [6.07, 6.45) is 3.41. The molecule has 0 aromatic carbocycles. The Balaban J connectivity index is 2.10. The molecule has 0 saturated carbocycles. The Labute approximate surface area is 127 Å². The topological polar surface area (TPSA) is 49.4 Å². The van der Waals surface area contributed by atoms with Crippen LogP contribution in [0.15, 0.2) is 14.1 Å². The lowest BCUT2D eigenvalue weighted by Crippen LogP contribution is -2.44. The van der Waals surface area contributed by atoms with E-state index in [1.165, 1.54) is 28.5 Å². The molecule has 4 nitrogen and oxygen atoms in total. The number of piperidine rings is 1. The zero-order chi connectivity index (χ0) is 14.0. The molecular weight excluding hydrogens is 348 g/mol. The molecule has 108 valence electrons. The molecule has 1 unspecified atom stereocenters. The van der Waals surface area contributed by atoms with Gasteiger partial charge in [0.25, 0.3) is 10.0 Å². The quantitative estimate of drug-likeness (QED) is 0.890. The zero-order valence-electron chi connectivity index (χ0n) is 11.1. The Morgan fingerprint density at radius 2 is 2.26 bits per heavy atom. The second kappa shape index (κ2) is 6.22. The Bertz CT molecular complexity index is 516. The van der Waals surface area contributed by atoms with Crippen molar-refractivity contribution < 1.29 is 8.42 Å². The number of hydrogen-bond acceptors (Lipinski definition) is 4. The van der Waals surface area contributed by atoms with E-state index < -0.39 is 10.0 Å². The highest BCUT2D eigenvalue weighted by Gasteiger charge is 2.26. The van der Waals surface area contributed by atoms with Crippen LogP contribution < -0.4 is 5.32 Å². The van der Waals surface area contributed by atoms with Gasteiger partial charge in [-0.2, -0.15) is 4.31 Å². The minimum atomic E-state index is -3.36. The predicted octanol–water partition coefficient (Wildman–Crippen LogP) is 2.58. The van der Waals surface area contributed by atoms with E-state index in [2.05, 4.69) is 21.2 Å². The van der Waals surface area contributed by atoms with Crippen molar-refractivity contribution in [3.05, 3.63) is 15.4 Å². The third-order valence-corrected chi connectivity index (χ3v) is 7.80. The molecule has 1 atom stereocenters. The fraction of sp³-hybridized carbons (Fsp3) is 0.667. The average molecular weight is 367 g/mol. The van der Waals surface area contributed by atoms with Gasteiger partial charge in [-0.05, 0) is 53.9 Å². The number of hydrogen-bond donors (Lipinski definition) is 1. The maximum atomic E-state index is 12.5. The third-order valence-electron chi connectivity index (χ3n) is 3.39. The van der Waals surface area contributed by atoms with Crippen LogP contribution in [0.5, 0.6) is 0 Å². The third kappa shape index (κ3) is 3.58. The Kier molecular flexibility index (Phi) is 5.05. The summed E-state index contributed by atoms with van der Waals surface area (Å²) in [7, 11) is -1.70. The molecule has 0 bridgehead atoms. The number of thiophene rings is 1. The second-order valence-electron chi connectivity index (χ2n) is 4.95. The lowest BCUT2D eigenvalue weighted by Gasteiger charge is -2.27. The van der Waals surface area contributed by atoms with Gasteiger partial charge in [0.15, 0.2) is 0 Å². The number of aryl methyl sites for hydroxylation is 1. The monoisotopic (exact) mass is 366 g/mol. The van der Waals surface area contributed by atoms with Gasteiger partial charge in [-0.3, -0.25) is 0 Å². The van der Waals surface area contributed by atoms with Gasteiger partial charge in [0.1, 0.15) is 4.21 Å². The molecule has 1 fully saturated rings. The SMILES string of the molecule is Cc1cc(S(=O)(=O)N(C)CC2CCCCN2)sc1Br. The van der Waals surface area contributed by atoms with Gasteiger partial charge in [-0.1, -0.05) is 6.42 Å². The smallest absolute Gasteiger partial charge is 0.252 e. The summed E-state index contributed by atoms with van der Waals surface area (Å²) >= 11 is 4.66. The highest BCUT2D eigenvalue weighted by Crippen LogP contribution is 2.32. The Morgan fingerprint density at radius 3 is 2.79 bits per heavy atom. The van der Waals surface area contributed by atoms with Crippen molar-refractivity contribution in [3.8, 4) is 0 Å². The first-order valence-electron chi connectivity index (χ1n) is 6.37. The highest BCUT2D eigenvalue weighted by atomic mass is 79.9. The van der Waals surface area contributed by atoms with E-state index in [9.17, 15) is 8.42 Å². The molecule has 2 rings (SSSR count). The first-order valence-corrected chi connectivity index (χ1v) is 9.42. The highest BCUT2D eigenvalue weighted by molar-refractivity contribution is 9.11. The van der Waals surface area contributed by atoms with Crippen LogP contribution in [0.1, 0.15) is 24.8 Å². The van der Waals surface area contributed by atoms with E-state index in [0.717, 1.165) is 22.3 Å². The van der Waals surface area contributed by atoms with Crippen LogP contribution in [-0.4, -0.2) is 38.9 Å². The normalized spacial score (nSPS) is 20.9. The molecule has 0 amide bonds. The zero-order valence-corrected chi connectivity index (χ0v) is 14.4. The van der Waals surface area contributed by atoms with E-state index in [1.54, 1.807) is 13.1 Å². The summed E-state index contributed by atoms with van der Waals surface area (Å²) in [6.45, 7) is 3.43. The van der Waals surface area contributed by atoms with Crippen molar-refractivity contribution in [2.75, 3.05) is 20.1 Å². The molecule has 0 radical (unpaired) electrons. The maximum Gasteiger partial charge on any atom is 0.252 e. The number of likely N-dealkylation sites (N-methyl/N-ethyl adjacent to an activating group) is 1. The average Bonchev–Trinajstić information content (AvgIpc) is 2.71. The Hall–Kier alpha value is 0.0500. The molecule has 1 aliphatic heterocycles. The van der Waals surface area contributed by atoms with Gasteiger partial charge < -0.3 is 5.32 Å². The molecule has 7 heteroatoms. The van der Waals surface area contributed by atoms with Crippen LogP contribution in [0.3, 0.4) is 0 Å². The molecule has 1 aromatic rings. The van der Waals surface area contributed by atoms with Crippen LogP contribution in [-0.2, 0) is 10.0 Å². The summed E-state index contributed by atoms with van der Waals surface area (Å²) in [4.78, 5) is 0. The van der Waals surface area contributed by atoms with Crippen molar-refractivity contribution >= 4 is 37.3 Å². The van der Waals surface area contributed by atoms with Crippen LogP contribution in [0.4, 0.5) is 0 Å². The minimum Gasteiger partial charge on any atom is -0.313 e. The van der Waals surface area contributed by atoms with Crippen molar-refractivity contribution in [1.82, 2.24) is 9.62 Å². The summed E-state index contributed by atoms with van der Waals surface area (Å²) in [5, 5.41) is 3.38. The van der Waals surface area contributed by atoms with Crippen LogP contribution in [0.25, 0.3) is 0 Å². The lowest BCUT2D eigenvalue weighted by atomic mass is 10.1. The molecule has 2 heterocycles. The fourth-order valence-electron chi connectivity index (χ4n) is 2.20. The first-order chi connectivity index (χ1) is 8.91. The number of nitrogens with zero attached hydrogens (tertiary/aromatic N) is 1.